The summed E-state index contributed by atoms with van der Waals surface area (Å²) in [6.45, 7) is 3.96. The topological polar surface area (TPSA) is 65.3 Å². The van der Waals surface area contributed by atoms with Crippen molar-refractivity contribution in [1.82, 2.24) is 9.13 Å². The van der Waals surface area contributed by atoms with Gasteiger partial charge in [0.05, 0.1) is 12.8 Å². The molecule has 0 atom stereocenters. The first kappa shape index (κ1) is 17.5. The monoisotopic (exact) mass is 351 g/mol. The van der Waals surface area contributed by atoms with Crippen LogP contribution in [0.2, 0.25) is 0 Å². The molecule has 1 aromatic heterocycles. The van der Waals surface area contributed by atoms with Gasteiger partial charge in [0, 0.05) is 18.1 Å². The molecule has 0 saturated carbocycles. The van der Waals surface area contributed by atoms with E-state index < -0.39 is 0 Å². The van der Waals surface area contributed by atoms with Gasteiger partial charge in [-0.2, -0.15) is 0 Å². The van der Waals surface area contributed by atoms with Crippen LogP contribution in [-0.4, -0.2) is 22.2 Å². The number of ether oxygens (including phenoxy) is 1. The molecule has 1 N–H and O–H groups in total. The zero-order valence-electron chi connectivity index (χ0n) is 15.0. The molecule has 0 aliphatic heterocycles. The van der Waals surface area contributed by atoms with E-state index in [1.807, 2.05) is 32.0 Å². The second-order valence-electron chi connectivity index (χ2n) is 6.12. The molecule has 6 nitrogen and oxygen atoms in total. The Morgan fingerprint density at radius 2 is 1.77 bits per heavy atom. The molecule has 0 unspecified atom stereocenters. The van der Waals surface area contributed by atoms with Gasteiger partial charge < -0.3 is 10.1 Å². The van der Waals surface area contributed by atoms with Gasteiger partial charge in [0.15, 0.2) is 0 Å². The lowest BCUT2D eigenvalue weighted by Crippen LogP contribution is -2.28. The first-order chi connectivity index (χ1) is 12.5. The number of methoxy groups -OCH3 is 1. The van der Waals surface area contributed by atoms with Crippen molar-refractivity contribution < 1.29 is 9.53 Å². The van der Waals surface area contributed by atoms with Crippen LogP contribution in [0.4, 0.5) is 5.69 Å². The molecule has 0 aliphatic carbocycles. The van der Waals surface area contributed by atoms with Crippen molar-refractivity contribution in [2.24, 2.45) is 0 Å². The molecule has 0 spiro atoms. The van der Waals surface area contributed by atoms with Crippen molar-refractivity contribution in [3.05, 3.63) is 76.5 Å². The highest BCUT2D eigenvalue weighted by Gasteiger charge is 2.10. The molecule has 134 valence electrons. The van der Waals surface area contributed by atoms with Gasteiger partial charge in [0.25, 0.3) is 0 Å². The van der Waals surface area contributed by atoms with E-state index in [-0.39, 0.29) is 18.1 Å². The number of imidazole rings is 1. The normalized spacial score (nSPS) is 10.6. The quantitative estimate of drug-likeness (QED) is 0.769. The maximum Gasteiger partial charge on any atom is 0.333 e. The second-order valence-corrected chi connectivity index (χ2v) is 6.12. The number of rotatable bonds is 5. The van der Waals surface area contributed by atoms with Crippen molar-refractivity contribution in [2.45, 2.75) is 20.4 Å². The fraction of sp³-hybridized carbons (Fsp3) is 0.200. The summed E-state index contributed by atoms with van der Waals surface area (Å²) < 4.78 is 7.98. The van der Waals surface area contributed by atoms with Crippen LogP contribution in [0.25, 0.3) is 5.69 Å². The maximum absolute atomic E-state index is 12.5. The Labute approximate surface area is 151 Å². The molecular weight excluding hydrogens is 330 g/mol. The molecule has 2 aromatic carbocycles. The van der Waals surface area contributed by atoms with E-state index in [1.54, 1.807) is 43.8 Å². The van der Waals surface area contributed by atoms with Gasteiger partial charge in [-0.05, 0) is 61.4 Å². The molecule has 26 heavy (non-hydrogen) atoms. The van der Waals surface area contributed by atoms with Gasteiger partial charge in [-0.1, -0.05) is 6.07 Å². The molecule has 0 aliphatic rings. The summed E-state index contributed by atoms with van der Waals surface area (Å²) in [5, 5.41) is 2.83. The zero-order valence-corrected chi connectivity index (χ0v) is 15.0. The number of nitrogens with zero attached hydrogens (tertiary/aromatic N) is 2. The number of hydrogen-bond acceptors (Lipinski definition) is 3. The highest BCUT2D eigenvalue weighted by Crippen LogP contribution is 2.15. The number of anilines is 1. The summed E-state index contributed by atoms with van der Waals surface area (Å²) in [5.74, 6) is 0.469. The molecule has 0 saturated heterocycles. The number of aromatic nitrogens is 2. The molecule has 3 aromatic rings. The third-order valence-electron chi connectivity index (χ3n) is 4.30. The highest BCUT2D eigenvalue weighted by molar-refractivity contribution is 5.90. The number of nitrogens with one attached hydrogen (secondary N) is 1. The van der Waals surface area contributed by atoms with Crippen LogP contribution in [0, 0.1) is 13.8 Å². The highest BCUT2D eigenvalue weighted by atomic mass is 16.5. The van der Waals surface area contributed by atoms with Crippen molar-refractivity contribution in [2.75, 3.05) is 12.4 Å². The minimum absolute atomic E-state index is 0.0467. The van der Waals surface area contributed by atoms with E-state index in [2.05, 4.69) is 5.32 Å². The predicted molar refractivity (Wildman–Crippen MR) is 101 cm³/mol. The lowest BCUT2D eigenvalue weighted by atomic mass is 10.1. The second kappa shape index (κ2) is 7.31. The number of amides is 1. The van der Waals surface area contributed by atoms with Crippen LogP contribution in [-0.2, 0) is 11.3 Å². The Balaban J connectivity index is 1.74. The summed E-state index contributed by atoms with van der Waals surface area (Å²) >= 11 is 0. The van der Waals surface area contributed by atoms with Gasteiger partial charge in [-0.15, -0.1) is 0 Å². The van der Waals surface area contributed by atoms with E-state index in [0.717, 1.165) is 16.8 Å². The predicted octanol–water partition coefficient (Wildman–Crippen LogP) is 2.90. The molecule has 0 fully saturated rings. The molecule has 1 amide bonds. The van der Waals surface area contributed by atoms with Gasteiger partial charge in [-0.3, -0.25) is 13.9 Å². The minimum atomic E-state index is -0.273. The number of aryl methyl sites for hydroxylation is 2. The van der Waals surface area contributed by atoms with Gasteiger partial charge in [0.1, 0.15) is 12.3 Å². The lowest BCUT2D eigenvalue weighted by Gasteiger charge is -2.08. The average molecular weight is 351 g/mol. The summed E-state index contributed by atoms with van der Waals surface area (Å²) in [7, 11) is 1.59. The van der Waals surface area contributed by atoms with Crippen molar-refractivity contribution >= 4 is 11.6 Å². The molecule has 1 heterocycles. The number of hydrogen-bond donors (Lipinski definition) is 1. The Morgan fingerprint density at radius 3 is 2.42 bits per heavy atom. The number of benzene rings is 2. The van der Waals surface area contributed by atoms with Gasteiger partial charge in [0.2, 0.25) is 5.91 Å². The van der Waals surface area contributed by atoms with Crippen LogP contribution in [0.15, 0.2) is 59.7 Å². The Morgan fingerprint density at radius 1 is 1.04 bits per heavy atom. The third kappa shape index (κ3) is 3.69. The molecular formula is C20H21N3O3. The Hall–Kier alpha value is -3.28. The van der Waals surface area contributed by atoms with E-state index >= 15 is 0 Å². The molecule has 6 heteroatoms. The molecule has 0 radical (unpaired) electrons. The first-order valence-corrected chi connectivity index (χ1v) is 8.27. The largest absolute Gasteiger partial charge is 0.497 e. The van der Waals surface area contributed by atoms with Gasteiger partial charge in [-0.25, -0.2) is 4.79 Å². The number of carbonyl (C=O) groups excluding carboxylic acids is 1. The molecule has 3 rings (SSSR count). The van der Waals surface area contributed by atoms with E-state index in [4.69, 9.17) is 4.74 Å². The SMILES string of the molecule is COc1ccc(-n2ccn(CC(=O)Nc3ccc(C)c(C)c3)c2=O)cc1. The zero-order chi connectivity index (χ0) is 18.7. The fourth-order valence-electron chi connectivity index (χ4n) is 2.65. The minimum Gasteiger partial charge on any atom is -0.497 e. The lowest BCUT2D eigenvalue weighted by molar-refractivity contribution is -0.116. The third-order valence-corrected chi connectivity index (χ3v) is 4.30. The summed E-state index contributed by atoms with van der Waals surface area (Å²) in [5.41, 5.74) is 3.43. The maximum atomic E-state index is 12.5. The van der Waals surface area contributed by atoms with Crippen LogP contribution >= 0.6 is 0 Å². The standard InChI is InChI=1S/C20H21N3O3/c1-14-4-5-16(12-15(14)2)21-19(24)13-22-10-11-23(20(22)25)17-6-8-18(26-3)9-7-17/h4-12H,13H2,1-3H3,(H,21,24). The Kier molecular flexibility index (Phi) is 4.93. The summed E-state index contributed by atoms with van der Waals surface area (Å²) in [6.07, 6.45) is 3.25. The van der Waals surface area contributed by atoms with Crippen molar-refractivity contribution in [3.8, 4) is 11.4 Å². The van der Waals surface area contributed by atoms with E-state index in [1.165, 1.54) is 9.13 Å². The first-order valence-electron chi connectivity index (χ1n) is 8.27. The van der Waals surface area contributed by atoms with Crippen LogP contribution in [0.3, 0.4) is 0 Å². The van der Waals surface area contributed by atoms with Crippen molar-refractivity contribution in [3.63, 3.8) is 0 Å². The van der Waals surface area contributed by atoms with Crippen molar-refractivity contribution in [1.29, 1.82) is 0 Å². The van der Waals surface area contributed by atoms with E-state index in [0.29, 0.717) is 11.4 Å². The fourth-order valence-corrected chi connectivity index (χ4v) is 2.65. The van der Waals surface area contributed by atoms with Crippen LogP contribution in [0.1, 0.15) is 11.1 Å². The van der Waals surface area contributed by atoms with E-state index in [9.17, 15) is 9.59 Å². The average Bonchev–Trinajstić information content (AvgIpc) is 2.99. The van der Waals surface area contributed by atoms with Crippen LogP contribution < -0.4 is 15.7 Å². The smallest absolute Gasteiger partial charge is 0.333 e. The Bertz CT molecular complexity index is 984. The van der Waals surface area contributed by atoms with Crippen LogP contribution in [0.5, 0.6) is 5.75 Å². The summed E-state index contributed by atoms with van der Waals surface area (Å²) in [6, 6.07) is 12.9. The molecule has 0 bridgehead atoms. The summed E-state index contributed by atoms with van der Waals surface area (Å²) in [4.78, 5) is 24.8. The van der Waals surface area contributed by atoms with Gasteiger partial charge >= 0.3 is 5.69 Å². The number of carbonyl (C=O) groups is 1.